The first-order chi connectivity index (χ1) is 10.0. The number of halogens is 1. The van der Waals surface area contributed by atoms with Crippen LogP contribution in [0.4, 0.5) is 10.1 Å². The quantitative estimate of drug-likeness (QED) is 0.803. The third-order valence-corrected chi connectivity index (χ3v) is 3.03. The number of amides is 3. The van der Waals surface area contributed by atoms with Crippen LogP contribution in [0.3, 0.4) is 0 Å². The average Bonchev–Trinajstić information content (AvgIpc) is 2.44. The molecule has 1 heterocycles. The minimum atomic E-state index is -0.545. The summed E-state index contributed by atoms with van der Waals surface area (Å²) in [5.41, 5.74) is 0.216. The van der Waals surface area contributed by atoms with Gasteiger partial charge in [-0.05, 0) is 18.6 Å². The third-order valence-electron chi connectivity index (χ3n) is 3.03. The van der Waals surface area contributed by atoms with Crippen LogP contribution in [-0.2, 0) is 9.59 Å². The van der Waals surface area contributed by atoms with Crippen molar-refractivity contribution in [3.05, 3.63) is 29.6 Å². The zero-order valence-electron chi connectivity index (χ0n) is 11.6. The first-order valence-electron chi connectivity index (χ1n) is 6.67. The molecule has 0 bridgehead atoms. The molecule has 0 unspecified atom stereocenters. The predicted octanol–water partition coefficient (Wildman–Crippen LogP) is 0.746. The van der Waals surface area contributed by atoms with Gasteiger partial charge in [-0.3, -0.25) is 19.7 Å². The van der Waals surface area contributed by atoms with Gasteiger partial charge in [0.1, 0.15) is 18.9 Å². The number of nitrogens with zero attached hydrogens (tertiary/aromatic N) is 1. The Hall–Kier alpha value is -2.44. The molecule has 0 radical (unpaired) electrons. The highest BCUT2D eigenvalue weighted by molar-refractivity contribution is 6.07. The van der Waals surface area contributed by atoms with E-state index in [2.05, 4.69) is 10.6 Å². The summed E-state index contributed by atoms with van der Waals surface area (Å²) in [6.07, 6.45) is 0.770. The van der Waals surface area contributed by atoms with E-state index in [4.69, 9.17) is 0 Å². The normalized spacial score (nSPS) is 14.9. The molecule has 7 heteroatoms. The van der Waals surface area contributed by atoms with Crippen LogP contribution < -0.4 is 10.6 Å². The van der Waals surface area contributed by atoms with E-state index in [0.29, 0.717) is 6.54 Å². The second-order valence-corrected chi connectivity index (χ2v) is 4.72. The number of piperazine rings is 1. The van der Waals surface area contributed by atoms with E-state index in [-0.39, 0.29) is 24.3 Å². The number of anilines is 1. The van der Waals surface area contributed by atoms with Crippen molar-refractivity contribution in [3.8, 4) is 0 Å². The van der Waals surface area contributed by atoms with Crippen molar-refractivity contribution >= 4 is 23.4 Å². The van der Waals surface area contributed by atoms with Crippen molar-refractivity contribution < 1.29 is 18.8 Å². The molecule has 112 valence electrons. The predicted molar refractivity (Wildman–Crippen MR) is 74.2 cm³/mol. The number of carbonyl (C=O) groups is 3. The minimum Gasteiger partial charge on any atom is -0.382 e. The summed E-state index contributed by atoms with van der Waals surface area (Å²) in [6, 6.07) is 4.15. The molecule has 0 aromatic heterocycles. The van der Waals surface area contributed by atoms with Gasteiger partial charge in [-0.25, -0.2) is 4.39 Å². The highest BCUT2D eigenvalue weighted by Gasteiger charge is 2.28. The van der Waals surface area contributed by atoms with Crippen molar-refractivity contribution in [2.75, 3.05) is 25.0 Å². The fourth-order valence-electron chi connectivity index (χ4n) is 2.08. The van der Waals surface area contributed by atoms with Gasteiger partial charge in [0.25, 0.3) is 5.91 Å². The zero-order valence-corrected chi connectivity index (χ0v) is 11.6. The highest BCUT2D eigenvalue weighted by atomic mass is 19.1. The number of rotatable bonds is 4. The van der Waals surface area contributed by atoms with Gasteiger partial charge in [-0.2, -0.15) is 0 Å². The number of hydrogen-bond donors (Lipinski definition) is 2. The Morgan fingerprint density at radius 2 is 2.00 bits per heavy atom. The fourth-order valence-corrected chi connectivity index (χ4v) is 2.08. The molecule has 1 aliphatic rings. The van der Waals surface area contributed by atoms with Gasteiger partial charge in [0.15, 0.2) is 0 Å². The molecule has 2 N–H and O–H groups in total. The highest BCUT2D eigenvalue weighted by Crippen LogP contribution is 2.22. The topological polar surface area (TPSA) is 78.5 Å². The number of para-hydroxylation sites is 1. The first kappa shape index (κ1) is 15.0. The minimum absolute atomic E-state index is 0.0998. The molecule has 3 amide bonds. The summed E-state index contributed by atoms with van der Waals surface area (Å²) in [5, 5.41) is 4.98. The monoisotopic (exact) mass is 293 g/mol. The first-order valence-corrected chi connectivity index (χ1v) is 6.67. The van der Waals surface area contributed by atoms with Crippen molar-refractivity contribution in [3.63, 3.8) is 0 Å². The van der Waals surface area contributed by atoms with Gasteiger partial charge < -0.3 is 10.2 Å². The SMILES string of the molecule is CCCNc1c(F)cccc1C(=O)N1CC(=O)NC(=O)C1. The van der Waals surface area contributed by atoms with Gasteiger partial charge in [-0.1, -0.05) is 13.0 Å². The Labute approximate surface area is 121 Å². The lowest BCUT2D eigenvalue weighted by molar-refractivity contribution is -0.135. The van der Waals surface area contributed by atoms with Gasteiger partial charge in [0, 0.05) is 6.54 Å². The molecule has 21 heavy (non-hydrogen) atoms. The Morgan fingerprint density at radius 3 is 2.62 bits per heavy atom. The van der Waals surface area contributed by atoms with E-state index in [1.807, 2.05) is 6.92 Å². The van der Waals surface area contributed by atoms with Crippen LogP contribution >= 0.6 is 0 Å². The van der Waals surface area contributed by atoms with Crippen LogP contribution in [0.1, 0.15) is 23.7 Å². The van der Waals surface area contributed by atoms with E-state index in [9.17, 15) is 18.8 Å². The smallest absolute Gasteiger partial charge is 0.257 e. The van der Waals surface area contributed by atoms with Crippen LogP contribution in [0.5, 0.6) is 0 Å². The van der Waals surface area contributed by atoms with Crippen molar-refractivity contribution in [1.82, 2.24) is 10.2 Å². The molecule has 1 saturated heterocycles. The largest absolute Gasteiger partial charge is 0.382 e. The Balaban J connectivity index is 2.28. The lowest BCUT2D eigenvalue weighted by Crippen LogP contribution is -2.53. The second kappa shape index (κ2) is 6.34. The summed E-state index contributed by atoms with van der Waals surface area (Å²) in [6.45, 7) is 2.01. The van der Waals surface area contributed by atoms with E-state index in [1.54, 1.807) is 0 Å². The molecule has 0 spiro atoms. The molecule has 6 nitrogen and oxygen atoms in total. The van der Waals surface area contributed by atoms with Crippen LogP contribution in [0.25, 0.3) is 0 Å². The molecule has 0 aliphatic carbocycles. The van der Waals surface area contributed by atoms with Crippen molar-refractivity contribution in [2.24, 2.45) is 0 Å². The number of hydrogen-bond acceptors (Lipinski definition) is 4. The van der Waals surface area contributed by atoms with Crippen LogP contribution in [-0.4, -0.2) is 42.3 Å². The van der Waals surface area contributed by atoms with E-state index >= 15 is 0 Å². The van der Waals surface area contributed by atoms with Crippen LogP contribution in [0.2, 0.25) is 0 Å². The summed E-state index contributed by atoms with van der Waals surface area (Å²) in [5.74, 6) is -2.17. The molecule has 1 fully saturated rings. The molecule has 0 saturated carbocycles. The standard InChI is InChI=1S/C14H16FN3O3/c1-2-6-16-13-9(4-3-5-10(13)15)14(21)18-7-11(19)17-12(20)8-18/h3-5,16H,2,6-8H2,1H3,(H,17,19,20). The van der Waals surface area contributed by atoms with E-state index < -0.39 is 23.5 Å². The maximum absolute atomic E-state index is 13.9. The average molecular weight is 293 g/mol. The van der Waals surface area contributed by atoms with Gasteiger partial charge in [-0.15, -0.1) is 0 Å². The van der Waals surface area contributed by atoms with Crippen molar-refractivity contribution in [2.45, 2.75) is 13.3 Å². The lowest BCUT2D eigenvalue weighted by Gasteiger charge is -2.26. The number of imide groups is 1. The second-order valence-electron chi connectivity index (χ2n) is 4.72. The number of benzene rings is 1. The fraction of sp³-hybridized carbons (Fsp3) is 0.357. The molecular weight excluding hydrogens is 277 g/mol. The molecule has 1 aromatic rings. The molecule has 0 atom stereocenters. The zero-order chi connectivity index (χ0) is 15.4. The molecule has 1 aliphatic heterocycles. The summed E-state index contributed by atoms with van der Waals surface area (Å²) in [4.78, 5) is 36.2. The number of carbonyl (C=O) groups excluding carboxylic acids is 3. The van der Waals surface area contributed by atoms with Gasteiger partial charge in [0.05, 0.1) is 11.3 Å². The third kappa shape index (κ3) is 3.36. The summed E-state index contributed by atoms with van der Waals surface area (Å²) in [7, 11) is 0. The summed E-state index contributed by atoms with van der Waals surface area (Å²) < 4.78 is 13.9. The molecule has 1 aromatic carbocycles. The maximum Gasteiger partial charge on any atom is 0.257 e. The van der Waals surface area contributed by atoms with Gasteiger partial charge >= 0.3 is 0 Å². The Bertz CT molecular complexity index is 573. The molecule has 2 rings (SSSR count). The Morgan fingerprint density at radius 1 is 1.33 bits per heavy atom. The van der Waals surface area contributed by atoms with Crippen molar-refractivity contribution in [1.29, 1.82) is 0 Å². The lowest BCUT2D eigenvalue weighted by atomic mass is 10.1. The van der Waals surface area contributed by atoms with E-state index in [1.165, 1.54) is 18.2 Å². The van der Waals surface area contributed by atoms with E-state index in [0.717, 1.165) is 11.3 Å². The maximum atomic E-state index is 13.9. The summed E-state index contributed by atoms with van der Waals surface area (Å²) >= 11 is 0. The number of nitrogens with one attached hydrogen (secondary N) is 2. The van der Waals surface area contributed by atoms with Gasteiger partial charge in [0.2, 0.25) is 11.8 Å². The Kier molecular flexibility index (Phi) is 4.52. The van der Waals surface area contributed by atoms with Crippen LogP contribution in [0.15, 0.2) is 18.2 Å². The van der Waals surface area contributed by atoms with Crippen LogP contribution in [0, 0.1) is 5.82 Å². The molecular formula is C14H16FN3O3.